The first-order valence-corrected chi connectivity index (χ1v) is 8.05. The summed E-state index contributed by atoms with van der Waals surface area (Å²) in [5.41, 5.74) is 0.508. The summed E-state index contributed by atoms with van der Waals surface area (Å²) in [7, 11) is 0. The number of carboxylic acids is 1. The van der Waals surface area contributed by atoms with Crippen LogP contribution in [0.5, 0.6) is 0 Å². The Labute approximate surface area is 128 Å². The molecule has 2 rings (SSSR count). The topological polar surface area (TPSA) is 74.7 Å². The first kappa shape index (κ1) is 15.1. The fourth-order valence-electron chi connectivity index (χ4n) is 2.11. The molecule has 5 nitrogen and oxygen atoms in total. The molecule has 1 aromatic rings. The first-order chi connectivity index (χ1) is 9.47. The minimum absolute atomic E-state index is 0.239. The minimum Gasteiger partial charge on any atom is -0.480 e. The van der Waals surface area contributed by atoms with E-state index in [0.29, 0.717) is 10.2 Å². The Balaban J connectivity index is 2.37. The van der Waals surface area contributed by atoms with Crippen LogP contribution in [0.25, 0.3) is 0 Å². The van der Waals surface area contributed by atoms with Crippen molar-refractivity contribution in [3.05, 3.63) is 33.8 Å². The van der Waals surface area contributed by atoms with Gasteiger partial charge in [-0.1, -0.05) is 15.9 Å². The summed E-state index contributed by atoms with van der Waals surface area (Å²) in [4.78, 5) is 36.7. The molecule has 0 saturated heterocycles. The van der Waals surface area contributed by atoms with Gasteiger partial charge >= 0.3 is 5.97 Å². The summed E-state index contributed by atoms with van der Waals surface area (Å²) in [5, 5.41) is 9.26. The molecule has 0 bridgehead atoms. The second-order valence-corrected chi connectivity index (χ2v) is 6.21. The Hall–Kier alpha value is -1.34. The second kappa shape index (κ2) is 5.97. The van der Waals surface area contributed by atoms with E-state index in [1.165, 1.54) is 17.8 Å². The van der Waals surface area contributed by atoms with E-state index in [2.05, 4.69) is 15.9 Å². The highest BCUT2D eigenvalue weighted by Crippen LogP contribution is 2.28. The number of halogens is 1. The molecule has 1 aliphatic rings. The van der Waals surface area contributed by atoms with Crippen LogP contribution in [0.2, 0.25) is 0 Å². The fourth-order valence-corrected chi connectivity index (χ4v) is 2.93. The van der Waals surface area contributed by atoms with Crippen LogP contribution >= 0.6 is 27.7 Å². The van der Waals surface area contributed by atoms with Crippen molar-refractivity contribution >= 4 is 45.5 Å². The van der Waals surface area contributed by atoms with E-state index < -0.39 is 23.8 Å². The largest absolute Gasteiger partial charge is 0.480 e. The molecule has 1 N–H and O–H groups in total. The molecule has 0 fully saturated rings. The number of hydrogen-bond donors (Lipinski definition) is 1. The maximum absolute atomic E-state index is 12.3. The standard InChI is InChI=1S/C13H12BrNO4S/c1-20-5-4-10(13(18)19)15-11(16)8-3-2-7(14)6-9(8)12(15)17/h2-3,6,10H,4-5H2,1H3,(H,18,19). The smallest absolute Gasteiger partial charge is 0.326 e. The van der Waals surface area contributed by atoms with Crippen molar-refractivity contribution < 1.29 is 19.5 Å². The van der Waals surface area contributed by atoms with Crippen LogP contribution < -0.4 is 0 Å². The lowest BCUT2D eigenvalue weighted by atomic mass is 10.1. The Kier molecular flexibility index (Phi) is 4.49. The van der Waals surface area contributed by atoms with Crippen LogP contribution in [-0.2, 0) is 4.79 Å². The summed E-state index contributed by atoms with van der Waals surface area (Å²) in [6.45, 7) is 0. The van der Waals surface area contributed by atoms with E-state index in [9.17, 15) is 19.5 Å². The number of aliphatic carboxylic acids is 1. The van der Waals surface area contributed by atoms with Gasteiger partial charge in [-0.25, -0.2) is 4.79 Å². The van der Waals surface area contributed by atoms with Gasteiger partial charge in [0.25, 0.3) is 11.8 Å². The zero-order valence-electron chi connectivity index (χ0n) is 10.6. The van der Waals surface area contributed by atoms with Gasteiger partial charge in [0.15, 0.2) is 0 Å². The molecule has 2 amide bonds. The van der Waals surface area contributed by atoms with Gasteiger partial charge < -0.3 is 5.11 Å². The van der Waals surface area contributed by atoms with Gasteiger partial charge in [-0.2, -0.15) is 11.8 Å². The lowest BCUT2D eigenvalue weighted by Crippen LogP contribution is -2.45. The monoisotopic (exact) mass is 357 g/mol. The maximum Gasteiger partial charge on any atom is 0.326 e. The van der Waals surface area contributed by atoms with Gasteiger partial charge in [-0.3, -0.25) is 14.5 Å². The van der Waals surface area contributed by atoms with Crippen LogP contribution in [0, 0.1) is 0 Å². The molecule has 1 aliphatic heterocycles. The van der Waals surface area contributed by atoms with Gasteiger partial charge in [-0.05, 0) is 36.6 Å². The van der Waals surface area contributed by atoms with E-state index in [0.717, 1.165) is 4.90 Å². The molecule has 7 heteroatoms. The quantitative estimate of drug-likeness (QED) is 0.818. The highest BCUT2D eigenvalue weighted by atomic mass is 79.9. The highest BCUT2D eigenvalue weighted by Gasteiger charge is 2.42. The van der Waals surface area contributed by atoms with Crippen LogP contribution in [0.1, 0.15) is 27.1 Å². The Morgan fingerprint density at radius 1 is 1.35 bits per heavy atom. The average Bonchev–Trinajstić information content (AvgIpc) is 2.63. The third kappa shape index (κ3) is 2.60. The molecule has 106 valence electrons. The second-order valence-electron chi connectivity index (χ2n) is 4.31. The van der Waals surface area contributed by atoms with Gasteiger partial charge in [-0.15, -0.1) is 0 Å². The van der Waals surface area contributed by atoms with Crippen molar-refractivity contribution in [1.29, 1.82) is 0 Å². The average molecular weight is 358 g/mol. The molecular formula is C13H12BrNO4S. The number of imide groups is 1. The van der Waals surface area contributed by atoms with E-state index in [-0.39, 0.29) is 17.5 Å². The van der Waals surface area contributed by atoms with Gasteiger partial charge in [0.2, 0.25) is 0 Å². The molecular weight excluding hydrogens is 346 g/mol. The lowest BCUT2D eigenvalue weighted by Gasteiger charge is -2.22. The predicted octanol–water partition coefficient (Wildman–Crippen LogP) is 2.25. The molecule has 0 aliphatic carbocycles. The number of nitrogens with zero attached hydrogens (tertiary/aromatic N) is 1. The number of carboxylic acid groups (broad SMARTS) is 1. The van der Waals surface area contributed by atoms with E-state index in [4.69, 9.17) is 0 Å². The van der Waals surface area contributed by atoms with E-state index in [1.54, 1.807) is 12.1 Å². The van der Waals surface area contributed by atoms with Crippen LogP contribution in [-0.4, -0.2) is 45.8 Å². The zero-order valence-corrected chi connectivity index (χ0v) is 13.0. The Morgan fingerprint density at radius 3 is 2.60 bits per heavy atom. The molecule has 0 radical (unpaired) electrons. The van der Waals surface area contributed by atoms with Crippen molar-refractivity contribution in [3.63, 3.8) is 0 Å². The zero-order chi connectivity index (χ0) is 14.9. The first-order valence-electron chi connectivity index (χ1n) is 5.86. The van der Waals surface area contributed by atoms with Crippen molar-refractivity contribution in [3.8, 4) is 0 Å². The van der Waals surface area contributed by atoms with E-state index >= 15 is 0 Å². The molecule has 20 heavy (non-hydrogen) atoms. The maximum atomic E-state index is 12.3. The number of hydrogen-bond acceptors (Lipinski definition) is 4. The molecule has 1 unspecified atom stereocenters. The predicted molar refractivity (Wildman–Crippen MR) is 79.1 cm³/mol. The number of carbonyl (C=O) groups is 3. The SMILES string of the molecule is CSCCC(C(=O)O)N1C(=O)c2ccc(Br)cc2C1=O. The van der Waals surface area contributed by atoms with E-state index in [1.807, 2.05) is 6.26 Å². The number of fused-ring (bicyclic) bond motifs is 1. The molecule has 0 saturated carbocycles. The highest BCUT2D eigenvalue weighted by molar-refractivity contribution is 9.10. The number of benzene rings is 1. The molecule has 1 heterocycles. The number of carbonyl (C=O) groups excluding carboxylic acids is 2. The molecule has 1 atom stereocenters. The summed E-state index contributed by atoms with van der Waals surface area (Å²) in [5.74, 6) is -1.67. The van der Waals surface area contributed by atoms with Crippen molar-refractivity contribution in [1.82, 2.24) is 4.90 Å². The Bertz CT molecular complexity index is 590. The summed E-state index contributed by atoms with van der Waals surface area (Å²) >= 11 is 4.71. The third-order valence-electron chi connectivity index (χ3n) is 3.07. The Morgan fingerprint density at radius 2 is 2.00 bits per heavy atom. The number of thioether (sulfide) groups is 1. The van der Waals surface area contributed by atoms with Gasteiger partial charge in [0.1, 0.15) is 6.04 Å². The number of rotatable bonds is 5. The lowest BCUT2D eigenvalue weighted by molar-refractivity contribution is -0.141. The third-order valence-corrected chi connectivity index (χ3v) is 4.21. The summed E-state index contributed by atoms with van der Waals surface area (Å²) < 4.78 is 0.676. The summed E-state index contributed by atoms with van der Waals surface area (Å²) in [6, 6.07) is 3.62. The van der Waals surface area contributed by atoms with Crippen molar-refractivity contribution in [2.75, 3.05) is 12.0 Å². The van der Waals surface area contributed by atoms with Crippen LogP contribution in [0.15, 0.2) is 22.7 Å². The normalized spacial score (nSPS) is 15.4. The van der Waals surface area contributed by atoms with Crippen LogP contribution in [0.4, 0.5) is 0 Å². The molecule has 0 spiro atoms. The van der Waals surface area contributed by atoms with Crippen LogP contribution in [0.3, 0.4) is 0 Å². The van der Waals surface area contributed by atoms with Crippen molar-refractivity contribution in [2.24, 2.45) is 0 Å². The minimum atomic E-state index is -1.16. The molecule has 1 aromatic carbocycles. The molecule has 0 aromatic heterocycles. The van der Waals surface area contributed by atoms with Crippen molar-refractivity contribution in [2.45, 2.75) is 12.5 Å². The van der Waals surface area contributed by atoms with Gasteiger partial charge in [0.05, 0.1) is 11.1 Å². The fraction of sp³-hybridized carbons (Fsp3) is 0.308. The van der Waals surface area contributed by atoms with Gasteiger partial charge in [0, 0.05) is 4.47 Å². The number of amides is 2. The summed E-state index contributed by atoms with van der Waals surface area (Å²) in [6.07, 6.45) is 2.08.